The average Bonchev–Trinajstić information content (AvgIpc) is 2.26. The SMILES string of the molecule is [CH]1CCCc2cc3ccccc3cc21. The van der Waals surface area contributed by atoms with Crippen LogP contribution in [0, 0.1) is 6.42 Å². The average molecular weight is 181 g/mol. The van der Waals surface area contributed by atoms with E-state index in [9.17, 15) is 0 Å². The summed E-state index contributed by atoms with van der Waals surface area (Å²) in [6.07, 6.45) is 6.17. The zero-order chi connectivity index (χ0) is 9.38. The Kier molecular flexibility index (Phi) is 1.80. The molecule has 0 saturated heterocycles. The molecular formula is C14H13. The van der Waals surface area contributed by atoms with Crippen LogP contribution >= 0.6 is 0 Å². The maximum atomic E-state index is 2.37. The van der Waals surface area contributed by atoms with Gasteiger partial charge in [0.05, 0.1) is 0 Å². The van der Waals surface area contributed by atoms with E-state index in [4.69, 9.17) is 0 Å². The first-order valence-electron chi connectivity index (χ1n) is 5.28. The van der Waals surface area contributed by atoms with Gasteiger partial charge in [0.1, 0.15) is 0 Å². The third-order valence-corrected chi connectivity index (χ3v) is 3.02. The number of benzene rings is 2. The Labute approximate surface area is 84.6 Å². The van der Waals surface area contributed by atoms with Crippen LogP contribution in [0.3, 0.4) is 0 Å². The minimum Gasteiger partial charge on any atom is -0.0616 e. The summed E-state index contributed by atoms with van der Waals surface area (Å²) in [6, 6.07) is 13.3. The van der Waals surface area contributed by atoms with Crippen molar-refractivity contribution in [3.63, 3.8) is 0 Å². The highest BCUT2D eigenvalue weighted by Crippen LogP contribution is 2.27. The van der Waals surface area contributed by atoms with Gasteiger partial charge in [0, 0.05) is 0 Å². The van der Waals surface area contributed by atoms with Crippen molar-refractivity contribution in [3.8, 4) is 0 Å². The second kappa shape index (κ2) is 3.13. The minimum absolute atomic E-state index is 1.24. The molecule has 69 valence electrons. The van der Waals surface area contributed by atoms with Gasteiger partial charge in [-0.15, -0.1) is 0 Å². The van der Waals surface area contributed by atoms with Crippen molar-refractivity contribution < 1.29 is 0 Å². The summed E-state index contributed by atoms with van der Waals surface area (Å²) < 4.78 is 0. The molecule has 0 amide bonds. The van der Waals surface area contributed by atoms with Gasteiger partial charge in [0.15, 0.2) is 0 Å². The topological polar surface area (TPSA) is 0 Å². The molecule has 0 aromatic heterocycles. The van der Waals surface area contributed by atoms with Crippen molar-refractivity contribution in [2.45, 2.75) is 19.3 Å². The van der Waals surface area contributed by atoms with Gasteiger partial charge in [0.25, 0.3) is 0 Å². The van der Waals surface area contributed by atoms with Crippen LogP contribution in [-0.4, -0.2) is 0 Å². The van der Waals surface area contributed by atoms with E-state index in [0.29, 0.717) is 0 Å². The molecular weight excluding hydrogens is 168 g/mol. The van der Waals surface area contributed by atoms with Gasteiger partial charge in [0.2, 0.25) is 0 Å². The van der Waals surface area contributed by atoms with E-state index in [1.807, 2.05) is 0 Å². The number of hydrogen-bond acceptors (Lipinski definition) is 0. The van der Waals surface area contributed by atoms with Crippen molar-refractivity contribution in [3.05, 3.63) is 53.9 Å². The Balaban J connectivity index is 2.27. The third-order valence-electron chi connectivity index (χ3n) is 3.02. The molecule has 2 aromatic rings. The molecule has 1 aliphatic carbocycles. The normalized spacial score (nSPS) is 15.4. The molecule has 14 heavy (non-hydrogen) atoms. The lowest BCUT2D eigenvalue weighted by Crippen LogP contribution is -2.00. The number of fused-ring (bicyclic) bond motifs is 2. The fraction of sp³-hybridized carbons (Fsp3) is 0.214. The smallest absolute Gasteiger partial charge is 0.00899 e. The third kappa shape index (κ3) is 1.22. The van der Waals surface area contributed by atoms with E-state index in [1.54, 1.807) is 0 Å². The maximum absolute atomic E-state index is 2.37. The van der Waals surface area contributed by atoms with Gasteiger partial charge in [-0.2, -0.15) is 0 Å². The highest BCUT2D eigenvalue weighted by atomic mass is 14.1. The molecule has 0 unspecified atom stereocenters. The summed E-state index contributed by atoms with van der Waals surface area (Å²) in [5.41, 5.74) is 2.98. The van der Waals surface area contributed by atoms with Crippen LogP contribution in [0.25, 0.3) is 10.8 Å². The fourth-order valence-electron chi connectivity index (χ4n) is 2.26. The lowest BCUT2D eigenvalue weighted by Gasteiger charge is -2.15. The standard InChI is InChI=1S/C14H13/c1-2-6-12-10-14-8-4-3-7-13(14)9-11(12)5-1/h1-2,5-7,9-10H,3-4,8H2. The van der Waals surface area contributed by atoms with Crippen molar-refractivity contribution in [1.29, 1.82) is 0 Å². The molecule has 0 heterocycles. The zero-order valence-electron chi connectivity index (χ0n) is 8.16. The Morgan fingerprint density at radius 3 is 2.57 bits per heavy atom. The molecule has 0 saturated carbocycles. The van der Waals surface area contributed by atoms with Crippen LogP contribution < -0.4 is 0 Å². The first-order valence-corrected chi connectivity index (χ1v) is 5.28. The van der Waals surface area contributed by atoms with Crippen molar-refractivity contribution in [2.24, 2.45) is 0 Å². The molecule has 0 spiro atoms. The van der Waals surface area contributed by atoms with Crippen LogP contribution in [0.15, 0.2) is 36.4 Å². The molecule has 0 atom stereocenters. The number of hydrogen-bond donors (Lipinski definition) is 0. The first kappa shape index (κ1) is 8.05. The van der Waals surface area contributed by atoms with Crippen LogP contribution in [-0.2, 0) is 6.42 Å². The van der Waals surface area contributed by atoms with E-state index in [2.05, 4.69) is 42.8 Å². The summed E-state index contributed by atoms with van der Waals surface area (Å²) in [5.74, 6) is 0. The molecule has 0 N–H and O–H groups in total. The second-order valence-electron chi connectivity index (χ2n) is 3.99. The Hall–Kier alpha value is -1.30. The Bertz CT molecular complexity index is 424. The first-order chi connectivity index (χ1) is 6.93. The van der Waals surface area contributed by atoms with Crippen molar-refractivity contribution in [2.75, 3.05) is 0 Å². The van der Waals surface area contributed by atoms with E-state index in [-0.39, 0.29) is 0 Å². The molecule has 0 fully saturated rings. The van der Waals surface area contributed by atoms with E-state index in [0.717, 1.165) is 0 Å². The molecule has 3 rings (SSSR count). The van der Waals surface area contributed by atoms with Gasteiger partial charge >= 0.3 is 0 Å². The summed E-state index contributed by atoms with van der Waals surface area (Å²) in [7, 11) is 0. The number of rotatable bonds is 0. The minimum atomic E-state index is 1.24. The van der Waals surface area contributed by atoms with Crippen LogP contribution in [0.2, 0.25) is 0 Å². The summed E-state index contributed by atoms with van der Waals surface area (Å²) in [6.45, 7) is 0. The lowest BCUT2D eigenvalue weighted by atomic mass is 9.89. The molecule has 1 radical (unpaired) electrons. The molecule has 2 aromatic carbocycles. The highest BCUT2D eigenvalue weighted by molar-refractivity contribution is 5.84. The van der Waals surface area contributed by atoms with Crippen molar-refractivity contribution >= 4 is 10.8 Å². The van der Waals surface area contributed by atoms with E-state index >= 15 is 0 Å². The largest absolute Gasteiger partial charge is 0.0616 e. The lowest BCUT2D eigenvalue weighted by molar-refractivity contribution is 0.777. The molecule has 1 aliphatic rings. The summed E-state index contributed by atoms with van der Waals surface area (Å²) in [5, 5.41) is 2.74. The van der Waals surface area contributed by atoms with Crippen LogP contribution in [0.5, 0.6) is 0 Å². The van der Waals surface area contributed by atoms with E-state index < -0.39 is 0 Å². The zero-order valence-corrected chi connectivity index (χ0v) is 8.16. The van der Waals surface area contributed by atoms with Gasteiger partial charge < -0.3 is 0 Å². The van der Waals surface area contributed by atoms with Gasteiger partial charge in [-0.3, -0.25) is 0 Å². The van der Waals surface area contributed by atoms with Crippen LogP contribution in [0.4, 0.5) is 0 Å². The molecule has 0 aliphatic heterocycles. The predicted molar refractivity (Wildman–Crippen MR) is 60.3 cm³/mol. The summed E-state index contributed by atoms with van der Waals surface area (Å²) in [4.78, 5) is 0. The number of aryl methyl sites for hydroxylation is 1. The fourth-order valence-corrected chi connectivity index (χ4v) is 2.26. The quantitative estimate of drug-likeness (QED) is 0.581. The van der Waals surface area contributed by atoms with Crippen molar-refractivity contribution in [1.82, 2.24) is 0 Å². The Morgan fingerprint density at radius 1 is 0.929 bits per heavy atom. The monoisotopic (exact) mass is 181 g/mol. The van der Waals surface area contributed by atoms with Gasteiger partial charge in [-0.1, -0.05) is 36.4 Å². The maximum Gasteiger partial charge on any atom is -0.00899 e. The molecule has 0 bridgehead atoms. The second-order valence-corrected chi connectivity index (χ2v) is 3.99. The molecule has 0 heteroatoms. The van der Waals surface area contributed by atoms with E-state index in [1.165, 1.54) is 41.2 Å². The summed E-state index contributed by atoms with van der Waals surface area (Å²) >= 11 is 0. The Morgan fingerprint density at radius 2 is 1.71 bits per heavy atom. The van der Waals surface area contributed by atoms with Gasteiger partial charge in [-0.05, 0) is 47.6 Å². The predicted octanol–water partition coefficient (Wildman–Crippen LogP) is 3.73. The highest BCUT2D eigenvalue weighted by Gasteiger charge is 2.09. The van der Waals surface area contributed by atoms with Gasteiger partial charge in [-0.25, -0.2) is 0 Å². The van der Waals surface area contributed by atoms with Crippen LogP contribution in [0.1, 0.15) is 24.0 Å². The molecule has 0 nitrogen and oxygen atoms in total.